The maximum atomic E-state index is 12.8. The van der Waals surface area contributed by atoms with E-state index in [0.29, 0.717) is 32.1 Å². The topological polar surface area (TPSA) is 60.0 Å². The fourth-order valence-electron chi connectivity index (χ4n) is 4.35. The normalized spacial score (nSPS) is 15.5. The summed E-state index contributed by atoms with van der Waals surface area (Å²) >= 11 is 1.71. The Bertz CT molecular complexity index is 1060. The Kier molecular flexibility index (Phi) is 8.57. The van der Waals surface area contributed by atoms with Crippen LogP contribution in [-0.2, 0) is 22.6 Å². The minimum Gasteiger partial charge on any atom is -0.493 e. The first-order valence-corrected chi connectivity index (χ1v) is 12.5. The number of amides is 1. The molecule has 0 spiro atoms. The molecule has 1 unspecified atom stereocenters. The molecule has 0 fully saturated rings. The van der Waals surface area contributed by atoms with Gasteiger partial charge in [0.25, 0.3) is 0 Å². The van der Waals surface area contributed by atoms with Crippen molar-refractivity contribution < 1.29 is 19.0 Å². The molecule has 1 N–H and O–H groups in total. The predicted molar refractivity (Wildman–Crippen MR) is 135 cm³/mol. The molecule has 0 saturated heterocycles. The molecular formula is C27H32N2O4S. The molecule has 0 saturated carbocycles. The molecule has 2 heterocycles. The highest BCUT2D eigenvalue weighted by molar-refractivity contribution is 7.10. The summed E-state index contributed by atoms with van der Waals surface area (Å²) in [4.78, 5) is 16.3. The Labute approximate surface area is 205 Å². The molecule has 180 valence electrons. The van der Waals surface area contributed by atoms with Crippen LogP contribution in [0.1, 0.15) is 34.0 Å². The highest BCUT2D eigenvalue weighted by Gasteiger charge is 2.32. The lowest BCUT2D eigenvalue weighted by Gasteiger charge is -2.37. The molecule has 1 amide bonds. The monoisotopic (exact) mass is 480 g/mol. The molecule has 0 bridgehead atoms. The molecule has 2 aromatic carbocycles. The average Bonchev–Trinajstić information content (AvgIpc) is 3.40. The maximum Gasteiger partial charge on any atom is 0.234 e. The van der Waals surface area contributed by atoms with E-state index in [0.717, 1.165) is 30.7 Å². The number of nitrogens with one attached hydrogen (secondary N) is 1. The van der Waals surface area contributed by atoms with Crippen molar-refractivity contribution in [2.45, 2.75) is 25.5 Å². The van der Waals surface area contributed by atoms with Crippen LogP contribution < -0.4 is 14.8 Å². The summed E-state index contributed by atoms with van der Waals surface area (Å²) in [6.45, 7) is 2.97. The van der Waals surface area contributed by atoms with E-state index in [1.807, 2.05) is 30.3 Å². The van der Waals surface area contributed by atoms with E-state index in [-0.39, 0.29) is 11.9 Å². The number of fused-ring (bicyclic) bond motifs is 1. The molecule has 0 aliphatic carbocycles. The van der Waals surface area contributed by atoms with Crippen LogP contribution in [0, 0.1) is 0 Å². The summed E-state index contributed by atoms with van der Waals surface area (Å²) in [5.41, 5.74) is 3.57. The minimum absolute atomic E-state index is 0.0171. The molecular weight excluding hydrogens is 448 g/mol. The zero-order valence-corrected chi connectivity index (χ0v) is 20.6. The van der Waals surface area contributed by atoms with Crippen molar-refractivity contribution in [3.05, 3.63) is 81.5 Å². The number of hydrogen-bond acceptors (Lipinski definition) is 6. The quantitative estimate of drug-likeness (QED) is 0.411. The number of rotatable bonds is 11. The van der Waals surface area contributed by atoms with Crippen LogP contribution in [0.5, 0.6) is 11.5 Å². The van der Waals surface area contributed by atoms with Gasteiger partial charge < -0.3 is 19.5 Å². The van der Waals surface area contributed by atoms with Gasteiger partial charge in [-0.05, 0) is 53.1 Å². The van der Waals surface area contributed by atoms with Crippen molar-refractivity contribution in [1.82, 2.24) is 10.2 Å². The molecule has 4 rings (SSSR count). The molecule has 34 heavy (non-hydrogen) atoms. The molecule has 1 aliphatic rings. The number of nitrogens with zero attached hydrogens (tertiary/aromatic N) is 1. The lowest BCUT2D eigenvalue weighted by atomic mass is 9.91. The van der Waals surface area contributed by atoms with Crippen molar-refractivity contribution in [2.24, 2.45) is 0 Å². The molecule has 0 radical (unpaired) electrons. The summed E-state index contributed by atoms with van der Waals surface area (Å²) in [5, 5.41) is 5.14. The van der Waals surface area contributed by atoms with Crippen LogP contribution in [0.2, 0.25) is 0 Å². The van der Waals surface area contributed by atoms with Gasteiger partial charge in [0.05, 0.1) is 33.4 Å². The number of ether oxygens (including phenoxy) is 3. The number of carbonyl (C=O) groups is 1. The number of benzene rings is 2. The van der Waals surface area contributed by atoms with Crippen molar-refractivity contribution in [2.75, 3.05) is 40.5 Å². The second-order valence-electron chi connectivity index (χ2n) is 8.29. The van der Waals surface area contributed by atoms with Crippen LogP contribution in [0.15, 0.2) is 60.0 Å². The van der Waals surface area contributed by atoms with Crippen molar-refractivity contribution in [3.63, 3.8) is 0 Å². The van der Waals surface area contributed by atoms with Crippen molar-refractivity contribution in [3.8, 4) is 11.5 Å². The summed E-state index contributed by atoms with van der Waals surface area (Å²) in [5.74, 6) is 1.49. The third-order valence-electron chi connectivity index (χ3n) is 6.03. The van der Waals surface area contributed by atoms with E-state index in [4.69, 9.17) is 14.2 Å². The zero-order valence-electron chi connectivity index (χ0n) is 19.8. The molecule has 1 atom stereocenters. The van der Waals surface area contributed by atoms with Gasteiger partial charge in [0.1, 0.15) is 0 Å². The predicted octanol–water partition coefficient (Wildman–Crippen LogP) is 4.44. The fraction of sp³-hybridized carbons (Fsp3) is 0.370. The largest absolute Gasteiger partial charge is 0.493 e. The van der Waals surface area contributed by atoms with E-state index in [9.17, 15) is 4.79 Å². The molecule has 7 heteroatoms. The summed E-state index contributed by atoms with van der Waals surface area (Å²) in [6.07, 6.45) is 1.64. The second-order valence-corrected chi connectivity index (χ2v) is 9.27. The fourth-order valence-corrected chi connectivity index (χ4v) is 5.23. The van der Waals surface area contributed by atoms with E-state index >= 15 is 0 Å². The SMILES string of the molecule is COc1cc2c(cc1OC)C(c1cccs1)N(CC(=O)NCCCOCc1ccccc1)CC2. The number of carbonyl (C=O) groups excluding carboxylic acids is 1. The van der Waals surface area contributed by atoms with Crippen molar-refractivity contribution in [1.29, 1.82) is 0 Å². The van der Waals surface area contributed by atoms with Gasteiger partial charge in [-0.1, -0.05) is 36.4 Å². The Morgan fingerprint density at radius 1 is 1.09 bits per heavy atom. The molecule has 1 aromatic heterocycles. The zero-order chi connectivity index (χ0) is 23.8. The Morgan fingerprint density at radius 2 is 1.88 bits per heavy atom. The minimum atomic E-state index is 0.0171. The first-order valence-electron chi connectivity index (χ1n) is 11.6. The first kappa shape index (κ1) is 24.3. The van der Waals surface area contributed by atoms with Gasteiger partial charge >= 0.3 is 0 Å². The van der Waals surface area contributed by atoms with E-state index in [1.165, 1.54) is 16.0 Å². The van der Waals surface area contributed by atoms with Crippen LogP contribution in [0.3, 0.4) is 0 Å². The van der Waals surface area contributed by atoms with Gasteiger partial charge in [-0.3, -0.25) is 9.69 Å². The van der Waals surface area contributed by atoms with Crippen molar-refractivity contribution >= 4 is 17.2 Å². The van der Waals surface area contributed by atoms with Gasteiger partial charge in [-0.15, -0.1) is 11.3 Å². The Balaban J connectivity index is 1.34. The lowest BCUT2D eigenvalue weighted by molar-refractivity contribution is -0.122. The van der Waals surface area contributed by atoms with Crippen LogP contribution >= 0.6 is 11.3 Å². The highest BCUT2D eigenvalue weighted by atomic mass is 32.1. The van der Waals surface area contributed by atoms with Gasteiger partial charge in [0.15, 0.2) is 11.5 Å². The van der Waals surface area contributed by atoms with E-state index in [1.54, 1.807) is 25.6 Å². The smallest absolute Gasteiger partial charge is 0.234 e. The molecule has 1 aliphatic heterocycles. The average molecular weight is 481 g/mol. The van der Waals surface area contributed by atoms with Gasteiger partial charge in [-0.25, -0.2) is 0 Å². The van der Waals surface area contributed by atoms with Gasteiger partial charge in [0.2, 0.25) is 5.91 Å². The molecule has 6 nitrogen and oxygen atoms in total. The van der Waals surface area contributed by atoms with Crippen LogP contribution in [0.4, 0.5) is 0 Å². The molecule has 3 aromatic rings. The third kappa shape index (κ3) is 5.97. The maximum absolute atomic E-state index is 12.8. The highest BCUT2D eigenvalue weighted by Crippen LogP contribution is 2.42. The van der Waals surface area contributed by atoms with Gasteiger partial charge in [-0.2, -0.15) is 0 Å². The Hall–Kier alpha value is -2.87. The lowest BCUT2D eigenvalue weighted by Crippen LogP contribution is -2.43. The summed E-state index contributed by atoms with van der Waals surface area (Å²) in [6, 6.07) is 18.5. The van der Waals surface area contributed by atoms with Gasteiger partial charge in [0, 0.05) is 24.6 Å². The standard InChI is InChI=1S/C27H32N2O4S/c1-31-23-16-21-11-13-29(27(25-10-6-15-34-25)22(21)17-24(23)32-2)18-26(30)28-12-7-14-33-19-20-8-4-3-5-9-20/h3-6,8-10,15-17,27H,7,11-14,18-19H2,1-2H3,(H,28,30). The number of methoxy groups -OCH3 is 2. The number of thiophene rings is 1. The van der Waals surface area contributed by atoms with Crippen LogP contribution in [0.25, 0.3) is 0 Å². The summed E-state index contributed by atoms with van der Waals surface area (Å²) < 4.78 is 16.8. The third-order valence-corrected chi connectivity index (χ3v) is 6.96. The van der Waals surface area contributed by atoms with E-state index in [2.05, 4.69) is 39.9 Å². The van der Waals surface area contributed by atoms with Crippen LogP contribution in [-0.4, -0.2) is 51.3 Å². The van der Waals surface area contributed by atoms with E-state index < -0.39 is 0 Å². The Morgan fingerprint density at radius 3 is 2.62 bits per heavy atom. The summed E-state index contributed by atoms with van der Waals surface area (Å²) in [7, 11) is 3.31. The number of hydrogen-bond donors (Lipinski definition) is 1. The second kappa shape index (κ2) is 12.0. The first-order chi connectivity index (χ1) is 16.7.